The number of hydrogen-bond acceptors (Lipinski definition) is 7. The van der Waals surface area contributed by atoms with Crippen LogP contribution in [0, 0.1) is 0 Å². The lowest BCUT2D eigenvalue weighted by Crippen LogP contribution is -2.39. The highest BCUT2D eigenvalue weighted by Gasteiger charge is 2.34. The summed E-state index contributed by atoms with van der Waals surface area (Å²) in [5, 5.41) is 3.92. The van der Waals surface area contributed by atoms with Crippen molar-refractivity contribution in [1.29, 1.82) is 0 Å². The largest absolute Gasteiger partial charge is 0.459 e. The van der Waals surface area contributed by atoms with E-state index in [1.54, 1.807) is 22.8 Å². The Balaban J connectivity index is 1.94. The number of nitrogens with zero attached hydrogens (tertiary/aromatic N) is 2. The molecule has 3 aromatic rings. The van der Waals surface area contributed by atoms with Crippen molar-refractivity contribution in [3.05, 3.63) is 75.7 Å². The van der Waals surface area contributed by atoms with E-state index in [0.29, 0.717) is 20.6 Å². The molecule has 144 valence electrons. The molecule has 0 fully saturated rings. The topological polar surface area (TPSA) is 60.7 Å². The van der Waals surface area contributed by atoms with Gasteiger partial charge in [0.25, 0.3) is 5.56 Å². The fourth-order valence-corrected chi connectivity index (χ4v) is 5.67. The predicted molar refractivity (Wildman–Crippen MR) is 114 cm³/mol. The van der Waals surface area contributed by atoms with Crippen LogP contribution in [0.15, 0.2) is 56.1 Å². The van der Waals surface area contributed by atoms with Gasteiger partial charge in [-0.1, -0.05) is 23.5 Å². The average molecular weight is 431 g/mol. The van der Waals surface area contributed by atoms with E-state index in [1.807, 2.05) is 54.9 Å². The van der Waals surface area contributed by atoms with Gasteiger partial charge in [0.2, 0.25) is 0 Å². The van der Waals surface area contributed by atoms with Gasteiger partial charge in [0, 0.05) is 9.75 Å². The van der Waals surface area contributed by atoms with E-state index in [-0.39, 0.29) is 11.7 Å². The van der Waals surface area contributed by atoms with Crippen LogP contribution in [0.5, 0.6) is 0 Å². The van der Waals surface area contributed by atoms with Crippen LogP contribution in [0.25, 0.3) is 6.08 Å². The lowest BCUT2D eigenvalue weighted by Gasteiger charge is -2.24. The van der Waals surface area contributed by atoms with E-state index in [0.717, 1.165) is 9.75 Å². The minimum Gasteiger partial charge on any atom is -0.459 e. The normalized spacial score (nSPS) is 17.0. The van der Waals surface area contributed by atoms with Gasteiger partial charge in [0.15, 0.2) is 4.80 Å². The molecule has 28 heavy (non-hydrogen) atoms. The number of thiophene rings is 2. The zero-order chi connectivity index (χ0) is 19.8. The summed E-state index contributed by atoms with van der Waals surface area (Å²) in [4.78, 5) is 33.2. The third-order valence-electron chi connectivity index (χ3n) is 4.21. The van der Waals surface area contributed by atoms with Crippen molar-refractivity contribution in [2.24, 2.45) is 4.99 Å². The molecule has 0 spiro atoms. The zero-order valence-corrected chi connectivity index (χ0v) is 18.0. The van der Waals surface area contributed by atoms with Crippen molar-refractivity contribution in [2.45, 2.75) is 32.9 Å². The summed E-state index contributed by atoms with van der Waals surface area (Å²) in [5.41, 5.74) is 0.872. The Labute approximate surface area is 173 Å². The van der Waals surface area contributed by atoms with E-state index in [9.17, 15) is 9.59 Å². The van der Waals surface area contributed by atoms with Crippen LogP contribution in [0.4, 0.5) is 0 Å². The monoisotopic (exact) mass is 430 g/mol. The molecule has 1 unspecified atom stereocenters. The summed E-state index contributed by atoms with van der Waals surface area (Å²) in [7, 11) is 0. The van der Waals surface area contributed by atoms with Crippen LogP contribution in [0.3, 0.4) is 0 Å². The van der Waals surface area contributed by atoms with E-state index < -0.39 is 12.0 Å². The molecule has 0 bridgehead atoms. The molecule has 0 amide bonds. The maximum Gasteiger partial charge on any atom is 0.338 e. The number of rotatable bonds is 4. The van der Waals surface area contributed by atoms with Gasteiger partial charge in [-0.25, -0.2) is 9.79 Å². The third-order valence-corrected chi connectivity index (χ3v) is 6.94. The van der Waals surface area contributed by atoms with Gasteiger partial charge in [0.05, 0.1) is 21.9 Å². The van der Waals surface area contributed by atoms with Crippen molar-refractivity contribution in [3.8, 4) is 0 Å². The Morgan fingerprint density at radius 2 is 2.00 bits per heavy atom. The Hall–Kier alpha value is -2.29. The molecular weight excluding hydrogens is 412 g/mol. The minimum atomic E-state index is -0.520. The maximum absolute atomic E-state index is 13.3. The highest BCUT2D eigenvalue weighted by molar-refractivity contribution is 7.11. The second kappa shape index (κ2) is 7.62. The van der Waals surface area contributed by atoms with E-state index in [2.05, 4.69) is 4.99 Å². The predicted octanol–water partition coefficient (Wildman–Crippen LogP) is 3.31. The van der Waals surface area contributed by atoms with Gasteiger partial charge in [-0.05, 0) is 49.7 Å². The minimum absolute atomic E-state index is 0.141. The third kappa shape index (κ3) is 3.43. The molecule has 5 nitrogen and oxygen atoms in total. The summed E-state index contributed by atoms with van der Waals surface area (Å²) in [6, 6.07) is 7.26. The molecule has 4 heterocycles. The standard InChI is InChI=1S/C20H18N2O3S3/c1-11(2)25-19(24)16-12(3)21-20-22(17(16)14-7-5-9-27-14)18(23)15(28-20)10-13-6-4-8-26-13/h4-11,17H,1-3H3. The summed E-state index contributed by atoms with van der Waals surface area (Å²) >= 11 is 4.43. The van der Waals surface area contributed by atoms with Gasteiger partial charge in [-0.2, -0.15) is 0 Å². The molecule has 0 saturated heterocycles. The smallest absolute Gasteiger partial charge is 0.338 e. The molecule has 0 N–H and O–H groups in total. The van der Waals surface area contributed by atoms with Crippen LogP contribution in [0.1, 0.15) is 36.6 Å². The highest BCUT2D eigenvalue weighted by Crippen LogP contribution is 2.33. The van der Waals surface area contributed by atoms with Crippen LogP contribution >= 0.6 is 34.0 Å². The average Bonchev–Trinajstić information content (AvgIpc) is 3.37. The zero-order valence-electron chi connectivity index (χ0n) is 15.5. The van der Waals surface area contributed by atoms with Gasteiger partial charge >= 0.3 is 5.97 Å². The number of ether oxygens (including phenoxy) is 1. The van der Waals surface area contributed by atoms with Crippen molar-refractivity contribution in [3.63, 3.8) is 0 Å². The van der Waals surface area contributed by atoms with E-state index >= 15 is 0 Å². The van der Waals surface area contributed by atoms with Crippen LogP contribution < -0.4 is 14.9 Å². The molecular formula is C20H18N2O3S3. The molecule has 3 aromatic heterocycles. The molecule has 1 aliphatic heterocycles. The lowest BCUT2D eigenvalue weighted by atomic mass is 10.0. The number of esters is 1. The Morgan fingerprint density at radius 3 is 2.64 bits per heavy atom. The Kier molecular flexibility index (Phi) is 5.18. The molecule has 4 rings (SSSR count). The SMILES string of the molecule is CC1=C(C(=O)OC(C)C)C(c2cccs2)n2c(sc(=Cc3cccs3)c2=O)=N1. The Bertz CT molecular complexity index is 1210. The molecule has 0 radical (unpaired) electrons. The number of allylic oxidation sites excluding steroid dienone is 1. The van der Waals surface area contributed by atoms with E-state index in [1.165, 1.54) is 22.7 Å². The van der Waals surface area contributed by atoms with Gasteiger partial charge < -0.3 is 4.74 Å². The fourth-order valence-electron chi connectivity index (χ4n) is 3.08. The second-order valence-corrected chi connectivity index (χ2v) is 9.53. The lowest BCUT2D eigenvalue weighted by molar-refractivity contribution is -0.143. The number of carbonyl (C=O) groups excluding carboxylic acids is 1. The first-order valence-electron chi connectivity index (χ1n) is 8.76. The van der Waals surface area contributed by atoms with Gasteiger partial charge in [0.1, 0.15) is 6.04 Å². The van der Waals surface area contributed by atoms with Crippen molar-refractivity contribution < 1.29 is 9.53 Å². The first-order valence-corrected chi connectivity index (χ1v) is 11.3. The van der Waals surface area contributed by atoms with Gasteiger partial charge in [-0.15, -0.1) is 22.7 Å². The summed E-state index contributed by atoms with van der Waals surface area (Å²) in [6.07, 6.45) is 1.63. The van der Waals surface area contributed by atoms with Crippen molar-refractivity contribution in [1.82, 2.24) is 4.57 Å². The number of thiazole rings is 1. The summed E-state index contributed by atoms with van der Waals surface area (Å²) in [5.74, 6) is -0.429. The molecule has 8 heteroatoms. The Morgan fingerprint density at radius 1 is 1.25 bits per heavy atom. The quantitative estimate of drug-likeness (QED) is 0.597. The number of fused-ring (bicyclic) bond motifs is 1. The highest BCUT2D eigenvalue weighted by atomic mass is 32.1. The van der Waals surface area contributed by atoms with Crippen LogP contribution in [-0.2, 0) is 9.53 Å². The summed E-state index contributed by atoms with van der Waals surface area (Å²) in [6.45, 7) is 5.42. The number of carbonyl (C=O) groups is 1. The van der Waals surface area contributed by atoms with Crippen LogP contribution in [-0.4, -0.2) is 16.6 Å². The second-order valence-electron chi connectivity index (χ2n) is 6.57. The molecule has 0 aliphatic carbocycles. The summed E-state index contributed by atoms with van der Waals surface area (Å²) < 4.78 is 7.70. The molecule has 1 aliphatic rings. The first kappa shape index (κ1) is 19.0. The molecule has 1 atom stereocenters. The van der Waals surface area contributed by atoms with Gasteiger partial charge in [-0.3, -0.25) is 9.36 Å². The van der Waals surface area contributed by atoms with Crippen molar-refractivity contribution >= 4 is 46.1 Å². The maximum atomic E-state index is 13.3. The molecule has 0 saturated carbocycles. The number of hydrogen-bond donors (Lipinski definition) is 0. The fraction of sp³-hybridized carbons (Fsp3) is 0.250. The number of aromatic nitrogens is 1. The van der Waals surface area contributed by atoms with Crippen molar-refractivity contribution in [2.75, 3.05) is 0 Å². The first-order chi connectivity index (χ1) is 13.5. The molecule has 0 aromatic carbocycles. The van der Waals surface area contributed by atoms with Crippen LogP contribution in [0.2, 0.25) is 0 Å². The van der Waals surface area contributed by atoms with E-state index in [4.69, 9.17) is 4.74 Å².